The second-order valence-electron chi connectivity index (χ2n) is 6.77. The van der Waals surface area contributed by atoms with Crippen molar-refractivity contribution in [2.45, 2.75) is 38.6 Å². The quantitative estimate of drug-likeness (QED) is 0.641. The number of hydrogen-bond donors (Lipinski definition) is 3. The Kier molecular flexibility index (Phi) is 4.97. The van der Waals surface area contributed by atoms with Crippen molar-refractivity contribution in [2.75, 3.05) is 11.9 Å². The average Bonchev–Trinajstić information content (AvgIpc) is 3.32. The average molecular weight is 366 g/mol. The standard InChI is InChI=1S/C19H22N6O2/c1-12-21-18(24-23-12)15-7-2-3-8-16(15)22-19(26)17-11-14(27-25-17)10-13-6-4-5-9-20-13/h2-3,7-8,11,13,20H,4-6,9-10H2,1H3,(H,22,26)(H,21,23,24). The highest BCUT2D eigenvalue weighted by Crippen LogP contribution is 2.25. The van der Waals surface area contributed by atoms with E-state index in [0.29, 0.717) is 23.4 Å². The molecule has 0 aliphatic carbocycles. The molecule has 0 saturated carbocycles. The monoisotopic (exact) mass is 366 g/mol. The van der Waals surface area contributed by atoms with Gasteiger partial charge in [0.25, 0.3) is 5.91 Å². The van der Waals surface area contributed by atoms with Crippen molar-refractivity contribution in [3.8, 4) is 11.4 Å². The number of aromatic amines is 1. The number of aryl methyl sites for hydroxylation is 1. The van der Waals surface area contributed by atoms with Crippen molar-refractivity contribution in [3.05, 3.63) is 47.6 Å². The lowest BCUT2D eigenvalue weighted by molar-refractivity contribution is 0.101. The van der Waals surface area contributed by atoms with E-state index in [2.05, 4.69) is 31.0 Å². The molecule has 3 aromatic rings. The van der Waals surface area contributed by atoms with Crippen LogP contribution in [0, 0.1) is 6.92 Å². The van der Waals surface area contributed by atoms with Gasteiger partial charge in [0.15, 0.2) is 11.5 Å². The first-order chi connectivity index (χ1) is 13.2. The van der Waals surface area contributed by atoms with E-state index in [1.165, 1.54) is 12.8 Å². The third-order valence-electron chi connectivity index (χ3n) is 4.66. The van der Waals surface area contributed by atoms with Crippen LogP contribution in [0.4, 0.5) is 5.69 Å². The zero-order chi connectivity index (χ0) is 18.6. The topological polar surface area (TPSA) is 109 Å². The Bertz CT molecular complexity index is 926. The molecule has 0 radical (unpaired) electrons. The molecule has 1 unspecified atom stereocenters. The van der Waals surface area contributed by atoms with Crippen LogP contribution < -0.4 is 10.6 Å². The first-order valence-corrected chi connectivity index (χ1v) is 9.18. The minimum atomic E-state index is -0.318. The molecule has 0 spiro atoms. The van der Waals surface area contributed by atoms with Crippen LogP contribution in [0.25, 0.3) is 11.4 Å². The fraction of sp³-hybridized carbons (Fsp3) is 0.368. The Morgan fingerprint density at radius 1 is 1.33 bits per heavy atom. The van der Waals surface area contributed by atoms with E-state index in [0.717, 1.165) is 30.7 Å². The molecule has 8 nitrogen and oxygen atoms in total. The van der Waals surface area contributed by atoms with E-state index in [1.54, 1.807) is 6.07 Å². The van der Waals surface area contributed by atoms with Gasteiger partial charge in [0.05, 0.1) is 5.69 Å². The molecule has 27 heavy (non-hydrogen) atoms. The molecule has 3 N–H and O–H groups in total. The Balaban J connectivity index is 1.47. The molecular weight excluding hydrogens is 344 g/mol. The fourth-order valence-electron chi connectivity index (χ4n) is 3.29. The normalized spacial score (nSPS) is 17.0. The van der Waals surface area contributed by atoms with Gasteiger partial charge in [-0.3, -0.25) is 9.89 Å². The number of benzene rings is 1. The molecule has 1 amide bonds. The Morgan fingerprint density at radius 2 is 2.22 bits per heavy atom. The predicted molar refractivity (Wildman–Crippen MR) is 100 cm³/mol. The van der Waals surface area contributed by atoms with Crippen LogP contribution in [0.3, 0.4) is 0 Å². The Labute approximate surface area is 156 Å². The van der Waals surface area contributed by atoms with E-state index in [4.69, 9.17) is 4.52 Å². The van der Waals surface area contributed by atoms with Crippen LogP contribution >= 0.6 is 0 Å². The van der Waals surface area contributed by atoms with E-state index in [9.17, 15) is 4.79 Å². The van der Waals surface area contributed by atoms with Crippen LogP contribution in [-0.4, -0.2) is 38.8 Å². The number of amides is 1. The molecule has 4 rings (SSSR count). The van der Waals surface area contributed by atoms with E-state index in [1.807, 2.05) is 31.2 Å². The minimum Gasteiger partial charge on any atom is -0.361 e. The van der Waals surface area contributed by atoms with E-state index < -0.39 is 0 Å². The molecule has 8 heteroatoms. The summed E-state index contributed by atoms with van der Waals surface area (Å²) in [4.78, 5) is 16.9. The molecule has 1 aromatic carbocycles. The van der Waals surface area contributed by atoms with Crippen LogP contribution in [0.2, 0.25) is 0 Å². The number of nitrogens with one attached hydrogen (secondary N) is 3. The second-order valence-corrected chi connectivity index (χ2v) is 6.77. The van der Waals surface area contributed by atoms with Crippen molar-refractivity contribution in [1.29, 1.82) is 0 Å². The summed E-state index contributed by atoms with van der Waals surface area (Å²) in [5.41, 5.74) is 1.63. The smallest absolute Gasteiger partial charge is 0.277 e. The molecular formula is C19H22N6O2. The minimum absolute atomic E-state index is 0.266. The highest BCUT2D eigenvalue weighted by molar-refractivity contribution is 6.04. The number of carbonyl (C=O) groups excluding carboxylic acids is 1. The van der Waals surface area contributed by atoms with Gasteiger partial charge >= 0.3 is 0 Å². The fourth-order valence-corrected chi connectivity index (χ4v) is 3.29. The number of hydrogen-bond acceptors (Lipinski definition) is 6. The van der Waals surface area contributed by atoms with Crippen LogP contribution in [0.1, 0.15) is 41.3 Å². The van der Waals surface area contributed by atoms with Gasteiger partial charge in [-0.2, -0.15) is 5.10 Å². The maximum Gasteiger partial charge on any atom is 0.277 e. The highest BCUT2D eigenvalue weighted by Gasteiger charge is 2.19. The summed E-state index contributed by atoms with van der Waals surface area (Å²) in [5, 5.41) is 17.3. The van der Waals surface area contributed by atoms with Crippen molar-refractivity contribution < 1.29 is 9.32 Å². The van der Waals surface area contributed by atoms with Crippen LogP contribution in [0.5, 0.6) is 0 Å². The maximum atomic E-state index is 12.6. The molecule has 2 aromatic heterocycles. The van der Waals surface area contributed by atoms with Crippen molar-refractivity contribution in [2.24, 2.45) is 0 Å². The lowest BCUT2D eigenvalue weighted by atomic mass is 10.0. The molecule has 1 aliphatic rings. The third-order valence-corrected chi connectivity index (χ3v) is 4.66. The van der Waals surface area contributed by atoms with Gasteiger partial charge < -0.3 is 15.2 Å². The van der Waals surface area contributed by atoms with E-state index >= 15 is 0 Å². The summed E-state index contributed by atoms with van der Waals surface area (Å²) in [5.74, 6) is 1.65. The lowest BCUT2D eigenvalue weighted by Crippen LogP contribution is -2.35. The van der Waals surface area contributed by atoms with Crippen LogP contribution in [0.15, 0.2) is 34.9 Å². The summed E-state index contributed by atoms with van der Waals surface area (Å²) < 4.78 is 5.36. The summed E-state index contributed by atoms with van der Waals surface area (Å²) in [6, 6.07) is 9.50. The van der Waals surface area contributed by atoms with E-state index in [-0.39, 0.29) is 11.6 Å². The molecule has 0 bridgehead atoms. The van der Waals surface area contributed by atoms with Crippen molar-refractivity contribution >= 4 is 11.6 Å². The molecule has 140 valence electrons. The zero-order valence-electron chi connectivity index (χ0n) is 15.2. The summed E-state index contributed by atoms with van der Waals surface area (Å²) in [7, 11) is 0. The molecule has 1 atom stereocenters. The number of para-hydroxylation sites is 1. The lowest BCUT2D eigenvalue weighted by Gasteiger charge is -2.21. The summed E-state index contributed by atoms with van der Waals surface area (Å²) >= 11 is 0. The number of nitrogens with zero attached hydrogens (tertiary/aromatic N) is 3. The second kappa shape index (κ2) is 7.71. The van der Waals surface area contributed by atoms with Gasteiger partial charge in [0.1, 0.15) is 11.6 Å². The predicted octanol–water partition coefficient (Wildman–Crippen LogP) is 2.71. The molecule has 1 aliphatic heterocycles. The number of H-pyrrole nitrogens is 1. The number of aromatic nitrogens is 4. The van der Waals surface area contributed by atoms with Gasteiger partial charge in [0.2, 0.25) is 0 Å². The van der Waals surface area contributed by atoms with Crippen LogP contribution in [-0.2, 0) is 6.42 Å². The number of anilines is 1. The van der Waals surface area contributed by atoms with Gasteiger partial charge in [-0.1, -0.05) is 23.7 Å². The van der Waals surface area contributed by atoms with Gasteiger partial charge in [0, 0.05) is 24.1 Å². The molecule has 3 heterocycles. The van der Waals surface area contributed by atoms with Crippen molar-refractivity contribution in [1.82, 2.24) is 25.7 Å². The van der Waals surface area contributed by atoms with Gasteiger partial charge in [-0.25, -0.2) is 4.98 Å². The Hall–Kier alpha value is -3.00. The van der Waals surface area contributed by atoms with Gasteiger partial charge in [-0.15, -0.1) is 0 Å². The first-order valence-electron chi connectivity index (χ1n) is 9.18. The zero-order valence-corrected chi connectivity index (χ0v) is 15.2. The van der Waals surface area contributed by atoms with Gasteiger partial charge in [-0.05, 0) is 38.4 Å². The molecule has 1 saturated heterocycles. The maximum absolute atomic E-state index is 12.6. The largest absolute Gasteiger partial charge is 0.361 e. The molecule has 1 fully saturated rings. The first kappa shape index (κ1) is 17.4. The number of carbonyl (C=O) groups is 1. The number of rotatable bonds is 5. The Morgan fingerprint density at radius 3 is 3.00 bits per heavy atom. The summed E-state index contributed by atoms with van der Waals surface area (Å²) in [6.45, 7) is 2.86. The highest BCUT2D eigenvalue weighted by atomic mass is 16.5. The summed E-state index contributed by atoms with van der Waals surface area (Å²) in [6.07, 6.45) is 4.29. The van der Waals surface area contributed by atoms with Crippen molar-refractivity contribution in [3.63, 3.8) is 0 Å². The number of piperidine rings is 1. The third kappa shape index (κ3) is 4.06. The SMILES string of the molecule is Cc1nc(-c2ccccc2NC(=O)c2cc(CC3CCCCN3)on2)n[nH]1.